The van der Waals surface area contributed by atoms with Gasteiger partial charge in [0, 0.05) is 18.2 Å². The largest absolute Gasteiger partial charge is 0.452 e. The van der Waals surface area contributed by atoms with E-state index in [1.54, 1.807) is 0 Å². The van der Waals surface area contributed by atoms with E-state index in [2.05, 4.69) is 0 Å². The number of rotatable bonds is 5. The predicted molar refractivity (Wildman–Crippen MR) is 91.5 cm³/mol. The van der Waals surface area contributed by atoms with Gasteiger partial charge in [0.25, 0.3) is 11.6 Å². The van der Waals surface area contributed by atoms with Crippen LogP contribution < -0.4 is 10.9 Å². The zero-order valence-electron chi connectivity index (χ0n) is 15.0. The molecule has 0 unspecified atom stereocenters. The second-order valence-corrected chi connectivity index (χ2v) is 5.79. The number of hydrogen-bond acceptors (Lipinski definition) is 7. The normalized spacial score (nSPS) is 11.1. The smallest absolute Gasteiger partial charge is 0.418 e. The van der Waals surface area contributed by atoms with Crippen LogP contribution in [0.4, 0.5) is 24.5 Å². The molecule has 0 saturated heterocycles. The highest BCUT2D eigenvalue weighted by Gasteiger charge is 2.35. The van der Waals surface area contributed by atoms with Gasteiger partial charge < -0.3 is 14.5 Å². The summed E-state index contributed by atoms with van der Waals surface area (Å²) in [4.78, 5) is 44.9. The zero-order chi connectivity index (χ0) is 21.9. The molecule has 1 N–H and O–H groups in total. The number of aryl methyl sites for hydroxylation is 2. The first kappa shape index (κ1) is 21.6. The summed E-state index contributed by atoms with van der Waals surface area (Å²) in [6.07, 6.45) is -4.97. The number of amides is 1. The van der Waals surface area contributed by atoms with E-state index in [9.17, 15) is 37.7 Å². The quantitative estimate of drug-likeness (QED) is 0.452. The van der Waals surface area contributed by atoms with Crippen LogP contribution in [0.5, 0.6) is 0 Å². The second kappa shape index (κ2) is 8.12. The van der Waals surface area contributed by atoms with E-state index < -0.39 is 52.1 Å². The van der Waals surface area contributed by atoms with E-state index in [0.29, 0.717) is 0 Å². The molecule has 154 valence electrons. The minimum absolute atomic E-state index is 0.0462. The maximum atomic E-state index is 13.1. The lowest BCUT2D eigenvalue weighted by atomic mass is 10.1. The number of alkyl halides is 3. The minimum atomic E-state index is -4.97. The number of benzene rings is 1. The van der Waals surface area contributed by atoms with Crippen LogP contribution in [0.1, 0.15) is 27.2 Å². The van der Waals surface area contributed by atoms with Crippen molar-refractivity contribution in [2.24, 2.45) is 0 Å². The van der Waals surface area contributed by atoms with Crippen LogP contribution in [0.2, 0.25) is 0 Å². The number of hydrogen-bond donors (Lipinski definition) is 1. The van der Waals surface area contributed by atoms with Crippen LogP contribution >= 0.6 is 0 Å². The summed E-state index contributed by atoms with van der Waals surface area (Å²) < 4.78 is 48.8. The molecule has 0 atom stereocenters. The summed E-state index contributed by atoms with van der Waals surface area (Å²) in [5.41, 5.74) is -3.52. The first-order chi connectivity index (χ1) is 13.4. The Morgan fingerprint density at radius 2 is 1.90 bits per heavy atom. The maximum Gasteiger partial charge on any atom is 0.418 e. The molecular weight excluding hydrogens is 401 g/mol. The molecule has 0 saturated carbocycles. The van der Waals surface area contributed by atoms with Crippen molar-refractivity contribution in [3.63, 3.8) is 0 Å². The predicted octanol–water partition coefficient (Wildman–Crippen LogP) is 2.98. The third kappa shape index (κ3) is 5.18. The zero-order valence-corrected chi connectivity index (χ0v) is 15.0. The molecule has 0 aliphatic rings. The number of halogens is 3. The number of nitrogens with one attached hydrogen (secondary N) is 1. The summed E-state index contributed by atoms with van der Waals surface area (Å²) in [5, 5.41) is 12.6. The number of carbonyl (C=O) groups is 2. The number of nitrogens with zero attached hydrogens (tertiary/aromatic N) is 1. The van der Waals surface area contributed by atoms with Gasteiger partial charge in [-0.3, -0.25) is 14.9 Å². The average molecular weight is 414 g/mol. The molecule has 12 heteroatoms. The van der Waals surface area contributed by atoms with Crippen LogP contribution in [0.15, 0.2) is 33.5 Å². The van der Waals surface area contributed by atoms with E-state index >= 15 is 0 Å². The van der Waals surface area contributed by atoms with E-state index in [1.807, 2.05) is 5.32 Å². The van der Waals surface area contributed by atoms with Gasteiger partial charge in [0.05, 0.1) is 16.2 Å². The van der Waals surface area contributed by atoms with Crippen LogP contribution in [-0.4, -0.2) is 23.4 Å². The molecule has 0 aliphatic heterocycles. The lowest BCUT2D eigenvalue weighted by Gasteiger charge is -2.14. The highest BCUT2D eigenvalue weighted by Crippen LogP contribution is 2.37. The monoisotopic (exact) mass is 414 g/mol. The van der Waals surface area contributed by atoms with Gasteiger partial charge >= 0.3 is 17.8 Å². The Morgan fingerprint density at radius 1 is 1.24 bits per heavy atom. The molecule has 29 heavy (non-hydrogen) atoms. The summed E-state index contributed by atoms with van der Waals surface area (Å²) in [6.45, 7) is 1.83. The Kier molecular flexibility index (Phi) is 6.05. The fourth-order valence-electron chi connectivity index (χ4n) is 2.44. The van der Waals surface area contributed by atoms with Gasteiger partial charge in [-0.1, -0.05) is 0 Å². The van der Waals surface area contributed by atoms with Gasteiger partial charge in [0.2, 0.25) is 0 Å². The number of non-ortho nitro benzene ring substituents is 1. The third-order valence-electron chi connectivity index (χ3n) is 3.67. The summed E-state index contributed by atoms with van der Waals surface area (Å²) in [6, 6.07) is 2.83. The van der Waals surface area contributed by atoms with Gasteiger partial charge in [-0.25, -0.2) is 9.59 Å². The molecule has 1 aromatic heterocycles. The molecule has 2 aromatic rings. The first-order valence-corrected chi connectivity index (χ1v) is 7.84. The Balaban J connectivity index is 2.15. The molecule has 0 aliphatic carbocycles. The van der Waals surface area contributed by atoms with Crippen molar-refractivity contribution in [2.75, 3.05) is 11.9 Å². The second-order valence-electron chi connectivity index (χ2n) is 5.79. The van der Waals surface area contributed by atoms with Gasteiger partial charge in [0.1, 0.15) is 11.3 Å². The fraction of sp³-hybridized carbons (Fsp3) is 0.235. The van der Waals surface area contributed by atoms with Crippen molar-refractivity contribution in [2.45, 2.75) is 20.0 Å². The van der Waals surface area contributed by atoms with Crippen LogP contribution in [-0.2, 0) is 15.7 Å². The van der Waals surface area contributed by atoms with Crippen LogP contribution in [0.3, 0.4) is 0 Å². The Hall–Kier alpha value is -3.70. The van der Waals surface area contributed by atoms with Crippen molar-refractivity contribution < 1.29 is 36.8 Å². The molecule has 2 rings (SSSR count). The molecule has 0 bridgehead atoms. The average Bonchev–Trinajstić information content (AvgIpc) is 2.58. The molecule has 1 heterocycles. The van der Waals surface area contributed by atoms with Gasteiger partial charge in [0.15, 0.2) is 6.61 Å². The molecule has 9 nitrogen and oxygen atoms in total. The lowest BCUT2D eigenvalue weighted by molar-refractivity contribution is -0.385. The Bertz CT molecular complexity index is 1020. The summed E-state index contributed by atoms with van der Waals surface area (Å²) in [7, 11) is 0. The lowest BCUT2D eigenvalue weighted by Crippen LogP contribution is -2.23. The number of nitro benzene ring substituents is 1. The van der Waals surface area contributed by atoms with Crippen molar-refractivity contribution in [1.29, 1.82) is 0 Å². The minimum Gasteiger partial charge on any atom is -0.452 e. The van der Waals surface area contributed by atoms with Gasteiger partial charge in [-0.05, 0) is 25.5 Å². The highest BCUT2D eigenvalue weighted by atomic mass is 19.4. The SMILES string of the molecule is Cc1cc(=O)oc(C)c1C(=O)OCC(=O)Nc1ccc([N+](=O)[O-])cc1C(F)(F)F. The number of anilines is 1. The standard InChI is InChI=1S/C17H13F3N2O7/c1-8-5-14(24)29-9(2)15(8)16(25)28-7-13(23)21-12-4-3-10(22(26)27)6-11(12)17(18,19)20/h3-6H,7H2,1-2H3,(H,21,23). The molecule has 1 aromatic carbocycles. The maximum absolute atomic E-state index is 13.1. The number of esters is 1. The highest BCUT2D eigenvalue weighted by molar-refractivity contribution is 5.97. The number of ether oxygens (including phenoxy) is 1. The van der Waals surface area contributed by atoms with Crippen LogP contribution in [0, 0.1) is 24.0 Å². The molecular formula is C17H13F3N2O7. The van der Waals surface area contributed by atoms with E-state index in [-0.39, 0.29) is 23.0 Å². The van der Waals surface area contributed by atoms with Crippen molar-refractivity contribution in [3.05, 3.63) is 67.3 Å². The Morgan fingerprint density at radius 3 is 2.45 bits per heavy atom. The van der Waals surface area contributed by atoms with Crippen molar-refractivity contribution >= 4 is 23.3 Å². The van der Waals surface area contributed by atoms with Crippen molar-refractivity contribution in [3.8, 4) is 0 Å². The molecule has 0 radical (unpaired) electrons. The molecule has 0 spiro atoms. The summed E-state index contributed by atoms with van der Waals surface area (Å²) >= 11 is 0. The van der Waals surface area contributed by atoms with E-state index in [4.69, 9.17) is 9.15 Å². The number of carbonyl (C=O) groups excluding carboxylic acids is 2. The fourth-order valence-corrected chi connectivity index (χ4v) is 2.44. The summed E-state index contributed by atoms with van der Waals surface area (Å²) in [5.74, 6) is -2.17. The van der Waals surface area contributed by atoms with Crippen LogP contribution in [0.25, 0.3) is 0 Å². The first-order valence-electron chi connectivity index (χ1n) is 7.84. The molecule has 0 fully saturated rings. The van der Waals surface area contributed by atoms with Crippen molar-refractivity contribution in [1.82, 2.24) is 0 Å². The topological polar surface area (TPSA) is 129 Å². The number of nitro groups is 1. The molecule has 1 amide bonds. The van der Waals surface area contributed by atoms with Gasteiger partial charge in [-0.2, -0.15) is 13.2 Å². The van der Waals surface area contributed by atoms with E-state index in [0.717, 1.165) is 18.2 Å². The van der Waals surface area contributed by atoms with Gasteiger partial charge in [-0.15, -0.1) is 0 Å². The van der Waals surface area contributed by atoms with E-state index in [1.165, 1.54) is 13.8 Å². The third-order valence-corrected chi connectivity index (χ3v) is 3.67. The Labute approximate surface area is 160 Å².